The molecule has 0 aromatic carbocycles. The summed E-state index contributed by atoms with van der Waals surface area (Å²) in [6, 6.07) is 0. The van der Waals surface area contributed by atoms with E-state index >= 15 is 0 Å². The van der Waals surface area contributed by atoms with Gasteiger partial charge >= 0.3 is 0 Å². The van der Waals surface area contributed by atoms with Crippen LogP contribution in [0, 0.1) is 11.3 Å². The highest BCUT2D eigenvalue weighted by Crippen LogP contribution is 2.33. The van der Waals surface area contributed by atoms with Crippen molar-refractivity contribution in [1.82, 2.24) is 15.1 Å². The highest BCUT2D eigenvalue weighted by atomic mass is 35.5. The Morgan fingerprint density at radius 3 is 2.33 bits per heavy atom. The number of likely N-dealkylation sites (tertiary alicyclic amines) is 2. The van der Waals surface area contributed by atoms with Crippen LogP contribution in [0.15, 0.2) is 0 Å². The number of methoxy groups -OCH3 is 1. The van der Waals surface area contributed by atoms with Crippen molar-refractivity contribution in [3.63, 3.8) is 0 Å². The van der Waals surface area contributed by atoms with E-state index in [1.807, 2.05) is 0 Å². The van der Waals surface area contributed by atoms with Gasteiger partial charge in [0.1, 0.15) is 0 Å². The quantitative estimate of drug-likeness (QED) is 0.737. The zero-order chi connectivity index (χ0) is 17.5. The summed E-state index contributed by atoms with van der Waals surface area (Å²) in [5.74, 6) is 1.01. The van der Waals surface area contributed by atoms with Crippen molar-refractivity contribution in [2.45, 2.75) is 51.4 Å². The lowest BCUT2D eigenvalue weighted by Crippen LogP contribution is -2.54. The maximum absolute atomic E-state index is 13.4. The fourth-order valence-electron chi connectivity index (χ4n) is 5.02. The van der Waals surface area contributed by atoms with Crippen LogP contribution in [0.1, 0.15) is 51.4 Å². The van der Waals surface area contributed by atoms with Crippen molar-refractivity contribution < 1.29 is 9.53 Å². The van der Waals surface area contributed by atoms with E-state index in [-0.39, 0.29) is 30.2 Å². The lowest BCUT2D eigenvalue weighted by atomic mass is 9.77. The summed E-state index contributed by atoms with van der Waals surface area (Å²) in [7, 11) is 1.73. The molecule has 3 fully saturated rings. The molecule has 27 heavy (non-hydrogen) atoms. The number of hydrogen-bond acceptors (Lipinski definition) is 4. The molecule has 1 atom stereocenters. The van der Waals surface area contributed by atoms with E-state index in [1.165, 1.54) is 51.7 Å². The average molecular weight is 424 g/mol. The van der Waals surface area contributed by atoms with Crippen LogP contribution in [-0.4, -0.2) is 75.2 Å². The molecular formula is C20H39Cl2N3O2. The van der Waals surface area contributed by atoms with Crippen molar-refractivity contribution >= 4 is 30.7 Å². The summed E-state index contributed by atoms with van der Waals surface area (Å²) in [5, 5.41) is 3.39. The fraction of sp³-hybridized carbons (Fsp3) is 0.950. The zero-order valence-electron chi connectivity index (χ0n) is 16.9. The molecule has 160 valence electrons. The third-order valence-electron chi connectivity index (χ3n) is 6.46. The number of piperidine rings is 2. The summed E-state index contributed by atoms with van der Waals surface area (Å²) < 4.78 is 5.48. The van der Waals surface area contributed by atoms with Crippen molar-refractivity contribution in [2.24, 2.45) is 11.3 Å². The summed E-state index contributed by atoms with van der Waals surface area (Å²) in [4.78, 5) is 18.2. The van der Waals surface area contributed by atoms with E-state index in [2.05, 4.69) is 15.1 Å². The number of rotatable bonds is 5. The lowest BCUT2D eigenvalue weighted by molar-refractivity contribution is -0.149. The molecular weight excluding hydrogens is 385 g/mol. The first-order valence-electron chi connectivity index (χ1n) is 10.4. The van der Waals surface area contributed by atoms with Crippen LogP contribution < -0.4 is 5.32 Å². The van der Waals surface area contributed by atoms with Gasteiger partial charge in [-0.1, -0.05) is 12.8 Å². The van der Waals surface area contributed by atoms with E-state index in [0.29, 0.717) is 18.4 Å². The molecule has 1 N–H and O–H groups in total. The number of hydrogen-bond donors (Lipinski definition) is 1. The van der Waals surface area contributed by atoms with Gasteiger partial charge in [0.25, 0.3) is 0 Å². The molecule has 5 nitrogen and oxygen atoms in total. The Kier molecular flexibility index (Phi) is 11.5. The van der Waals surface area contributed by atoms with Gasteiger partial charge in [-0.2, -0.15) is 0 Å². The number of halogens is 2. The number of amides is 1. The van der Waals surface area contributed by atoms with Gasteiger partial charge < -0.3 is 19.9 Å². The van der Waals surface area contributed by atoms with Crippen LogP contribution in [0.5, 0.6) is 0 Å². The summed E-state index contributed by atoms with van der Waals surface area (Å²) in [6.45, 7) is 8.01. The van der Waals surface area contributed by atoms with Gasteiger partial charge in [0.2, 0.25) is 5.91 Å². The maximum Gasteiger partial charge on any atom is 0.231 e. The molecule has 0 spiro atoms. The Hall–Kier alpha value is -0.0700. The highest BCUT2D eigenvalue weighted by Gasteiger charge is 2.43. The van der Waals surface area contributed by atoms with Crippen molar-refractivity contribution in [3.8, 4) is 0 Å². The smallest absolute Gasteiger partial charge is 0.231 e. The van der Waals surface area contributed by atoms with E-state index in [0.717, 1.165) is 45.4 Å². The molecule has 0 saturated carbocycles. The van der Waals surface area contributed by atoms with Crippen LogP contribution in [0.4, 0.5) is 0 Å². The SMILES string of the molecule is COCC1(C(=O)N2CCCC(CN3CCCCCC3)C2)CCNCC1.Cl.Cl. The first kappa shape index (κ1) is 25.0. The van der Waals surface area contributed by atoms with Gasteiger partial charge in [-0.25, -0.2) is 0 Å². The molecule has 3 aliphatic heterocycles. The number of carbonyl (C=O) groups excluding carboxylic acids is 1. The van der Waals surface area contributed by atoms with Gasteiger partial charge in [0.15, 0.2) is 0 Å². The van der Waals surface area contributed by atoms with E-state index in [4.69, 9.17) is 4.74 Å². The summed E-state index contributed by atoms with van der Waals surface area (Å²) >= 11 is 0. The summed E-state index contributed by atoms with van der Waals surface area (Å²) in [6.07, 6.45) is 9.72. The predicted octanol–water partition coefficient (Wildman–Crippen LogP) is 2.96. The topological polar surface area (TPSA) is 44.8 Å². The monoisotopic (exact) mass is 423 g/mol. The molecule has 0 aromatic rings. The minimum absolute atomic E-state index is 0. The predicted molar refractivity (Wildman–Crippen MR) is 115 cm³/mol. The summed E-state index contributed by atoms with van der Waals surface area (Å²) in [5.41, 5.74) is -0.287. The molecule has 0 bridgehead atoms. The Labute approximate surface area is 177 Å². The molecule has 3 saturated heterocycles. The van der Waals surface area contributed by atoms with Gasteiger partial charge in [-0.15, -0.1) is 24.8 Å². The number of nitrogens with one attached hydrogen (secondary N) is 1. The Balaban J connectivity index is 0.00000182. The van der Waals surface area contributed by atoms with Gasteiger partial charge in [-0.05, 0) is 70.6 Å². The van der Waals surface area contributed by atoms with Gasteiger partial charge in [0, 0.05) is 26.7 Å². The first-order valence-corrected chi connectivity index (χ1v) is 10.4. The van der Waals surface area contributed by atoms with Crippen LogP contribution in [0.3, 0.4) is 0 Å². The largest absolute Gasteiger partial charge is 0.384 e. The number of ether oxygens (including phenoxy) is 1. The van der Waals surface area contributed by atoms with E-state index in [9.17, 15) is 4.79 Å². The zero-order valence-corrected chi connectivity index (χ0v) is 18.6. The number of nitrogens with zero attached hydrogens (tertiary/aromatic N) is 2. The molecule has 3 heterocycles. The van der Waals surface area contributed by atoms with E-state index in [1.54, 1.807) is 7.11 Å². The van der Waals surface area contributed by atoms with Gasteiger partial charge in [0.05, 0.1) is 12.0 Å². The van der Waals surface area contributed by atoms with Crippen LogP contribution in [0.2, 0.25) is 0 Å². The maximum atomic E-state index is 13.4. The Morgan fingerprint density at radius 2 is 1.70 bits per heavy atom. The van der Waals surface area contributed by atoms with Crippen molar-refractivity contribution in [2.75, 3.05) is 59.5 Å². The van der Waals surface area contributed by atoms with Crippen LogP contribution in [0.25, 0.3) is 0 Å². The lowest BCUT2D eigenvalue weighted by Gasteiger charge is -2.43. The molecule has 0 aliphatic carbocycles. The van der Waals surface area contributed by atoms with Crippen molar-refractivity contribution in [1.29, 1.82) is 0 Å². The van der Waals surface area contributed by atoms with Gasteiger partial charge in [-0.3, -0.25) is 4.79 Å². The molecule has 1 amide bonds. The first-order chi connectivity index (χ1) is 12.2. The molecule has 3 aliphatic rings. The molecule has 0 aromatic heterocycles. The minimum Gasteiger partial charge on any atom is -0.384 e. The Morgan fingerprint density at radius 1 is 1.04 bits per heavy atom. The fourth-order valence-corrected chi connectivity index (χ4v) is 5.02. The Bertz CT molecular complexity index is 420. The third kappa shape index (κ3) is 6.74. The van der Waals surface area contributed by atoms with Crippen LogP contribution in [-0.2, 0) is 9.53 Å². The normalized spacial score (nSPS) is 26.4. The highest BCUT2D eigenvalue weighted by molar-refractivity contribution is 5.85. The molecule has 3 rings (SSSR count). The third-order valence-corrected chi connectivity index (χ3v) is 6.46. The minimum atomic E-state index is -0.287. The molecule has 1 unspecified atom stereocenters. The second-order valence-corrected chi connectivity index (χ2v) is 8.44. The second-order valence-electron chi connectivity index (χ2n) is 8.44. The van der Waals surface area contributed by atoms with Crippen LogP contribution >= 0.6 is 24.8 Å². The number of carbonyl (C=O) groups is 1. The standard InChI is InChI=1S/C20H37N3O2.2ClH/c1-25-17-20(8-10-21-11-9-20)19(24)23-14-6-7-18(16-23)15-22-12-4-2-3-5-13-22;;/h18,21H,2-17H2,1H3;2*1H. The second kappa shape index (κ2) is 12.5. The molecule has 7 heteroatoms. The van der Waals surface area contributed by atoms with Crippen molar-refractivity contribution in [3.05, 3.63) is 0 Å². The van der Waals surface area contributed by atoms with E-state index < -0.39 is 0 Å². The molecule has 0 radical (unpaired) electrons. The average Bonchev–Trinajstić information content (AvgIpc) is 2.91.